The molecule has 7 nitrogen and oxygen atoms in total. The third-order valence-corrected chi connectivity index (χ3v) is 6.32. The van der Waals surface area contributed by atoms with E-state index in [0.717, 1.165) is 48.7 Å². The first-order chi connectivity index (χ1) is 15.0. The number of hydrogen-bond acceptors (Lipinski definition) is 6. The summed E-state index contributed by atoms with van der Waals surface area (Å²) < 4.78 is 17.3. The molecule has 2 fully saturated rings. The summed E-state index contributed by atoms with van der Waals surface area (Å²) in [6.07, 6.45) is 9.51. The second-order valence-electron chi connectivity index (χ2n) is 8.94. The van der Waals surface area contributed by atoms with Gasteiger partial charge in [-0.3, -0.25) is 0 Å². The molecule has 0 aromatic carbocycles. The van der Waals surface area contributed by atoms with E-state index >= 15 is 0 Å². The minimum Gasteiger partial charge on any atom is -0.489 e. The summed E-state index contributed by atoms with van der Waals surface area (Å²) in [6, 6.07) is 3.84. The fourth-order valence-electron chi connectivity index (χ4n) is 4.04. The summed E-state index contributed by atoms with van der Waals surface area (Å²) in [6.45, 7) is 4.63. The van der Waals surface area contributed by atoms with E-state index in [1.54, 1.807) is 11.9 Å². The van der Waals surface area contributed by atoms with Crippen molar-refractivity contribution in [1.82, 2.24) is 15.0 Å². The lowest BCUT2D eigenvalue weighted by molar-refractivity contribution is 0.104. The molecule has 4 rings (SSSR count). The molecule has 2 aromatic rings. The summed E-state index contributed by atoms with van der Waals surface area (Å²) in [7, 11) is 1.78. The number of pyridine rings is 1. The van der Waals surface area contributed by atoms with Crippen molar-refractivity contribution in [2.45, 2.75) is 77.9 Å². The van der Waals surface area contributed by atoms with Crippen LogP contribution < -0.4 is 4.74 Å². The van der Waals surface area contributed by atoms with Gasteiger partial charge in [0, 0.05) is 13.6 Å². The highest BCUT2D eigenvalue weighted by molar-refractivity contribution is 5.67. The van der Waals surface area contributed by atoms with Gasteiger partial charge in [-0.05, 0) is 64.0 Å². The smallest absolute Gasteiger partial charge is 0.409 e. The minimum absolute atomic E-state index is 0.109. The van der Waals surface area contributed by atoms with Crippen molar-refractivity contribution in [2.75, 3.05) is 13.6 Å². The SMILES string of the molecule is Cc1nc(-c2onc(C)c2COC(=O)N(C)CCC2CC2)ccc1OC1CCCCC1. The Balaban J connectivity index is 1.40. The van der Waals surface area contributed by atoms with Crippen LogP contribution in [0.1, 0.15) is 68.3 Å². The Labute approximate surface area is 184 Å². The van der Waals surface area contributed by atoms with Crippen molar-refractivity contribution in [3.63, 3.8) is 0 Å². The van der Waals surface area contributed by atoms with E-state index in [2.05, 4.69) is 5.16 Å². The van der Waals surface area contributed by atoms with Crippen molar-refractivity contribution in [1.29, 1.82) is 0 Å². The highest BCUT2D eigenvalue weighted by Gasteiger charge is 2.24. The average molecular weight is 428 g/mol. The van der Waals surface area contributed by atoms with Crippen LogP contribution in [0, 0.1) is 19.8 Å². The number of nitrogens with zero attached hydrogens (tertiary/aromatic N) is 3. The molecule has 31 heavy (non-hydrogen) atoms. The number of carbonyl (C=O) groups is 1. The molecule has 2 heterocycles. The molecule has 0 spiro atoms. The van der Waals surface area contributed by atoms with Gasteiger partial charge in [-0.1, -0.05) is 24.4 Å². The molecule has 2 aliphatic carbocycles. The van der Waals surface area contributed by atoms with Crippen LogP contribution in [0.25, 0.3) is 11.5 Å². The second kappa shape index (κ2) is 9.71. The molecule has 2 aliphatic rings. The van der Waals surface area contributed by atoms with Gasteiger partial charge in [0.2, 0.25) is 0 Å². The van der Waals surface area contributed by atoms with E-state index < -0.39 is 0 Å². The summed E-state index contributed by atoms with van der Waals surface area (Å²) in [5.74, 6) is 2.14. The van der Waals surface area contributed by atoms with Gasteiger partial charge in [0.05, 0.1) is 23.1 Å². The van der Waals surface area contributed by atoms with Crippen molar-refractivity contribution in [3.05, 3.63) is 29.1 Å². The Morgan fingerprint density at radius 1 is 1.13 bits per heavy atom. The zero-order valence-electron chi connectivity index (χ0n) is 18.9. The first-order valence-electron chi connectivity index (χ1n) is 11.5. The van der Waals surface area contributed by atoms with Crippen LogP contribution in [0.4, 0.5) is 4.79 Å². The molecule has 0 bridgehead atoms. The van der Waals surface area contributed by atoms with Crippen LogP contribution in [0.3, 0.4) is 0 Å². The molecule has 7 heteroatoms. The first-order valence-corrected chi connectivity index (χ1v) is 11.5. The lowest BCUT2D eigenvalue weighted by atomic mass is 9.98. The van der Waals surface area contributed by atoms with Crippen molar-refractivity contribution >= 4 is 6.09 Å². The van der Waals surface area contributed by atoms with Gasteiger partial charge in [0.25, 0.3) is 0 Å². The molecular formula is C24H33N3O4. The van der Waals surface area contributed by atoms with Crippen LogP contribution in [-0.4, -0.2) is 40.8 Å². The number of aryl methyl sites for hydroxylation is 2. The van der Waals surface area contributed by atoms with Crippen molar-refractivity contribution < 1.29 is 18.8 Å². The van der Waals surface area contributed by atoms with Crippen LogP contribution in [0.15, 0.2) is 16.7 Å². The Hall–Kier alpha value is -2.57. The zero-order valence-corrected chi connectivity index (χ0v) is 18.9. The van der Waals surface area contributed by atoms with Crippen molar-refractivity contribution in [2.24, 2.45) is 5.92 Å². The molecule has 0 radical (unpaired) electrons. The minimum atomic E-state index is -0.326. The summed E-state index contributed by atoms with van der Waals surface area (Å²) >= 11 is 0. The van der Waals surface area contributed by atoms with E-state index in [4.69, 9.17) is 19.0 Å². The number of amides is 1. The first kappa shape index (κ1) is 21.7. The highest BCUT2D eigenvalue weighted by Crippen LogP contribution is 2.32. The predicted molar refractivity (Wildman–Crippen MR) is 117 cm³/mol. The third-order valence-electron chi connectivity index (χ3n) is 6.32. The quantitative estimate of drug-likeness (QED) is 0.559. The average Bonchev–Trinajstić information content (AvgIpc) is 3.54. The topological polar surface area (TPSA) is 77.7 Å². The van der Waals surface area contributed by atoms with E-state index in [1.807, 2.05) is 26.0 Å². The molecule has 0 aliphatic heterocycles. The second-order valence-corrected chi connectivity index (χ2v) is 8.94. The number of ether oxygens (including phenoxy) is 2. The maximum absolute atomic E-state index is 12.3. The van der Waals surface area contributed by atoms with Gasteiger partial charge in [0.1, 0.15) is 18.1 Å². The van der Waals surface area contributed by atoms with Gasteiger partial charge < -0.3 is 18.9 Å². The number of hydrogen-bond donors (Lipinski definition) is 0. The van der Waals surface area contributed by atoms with Crippen LogP contribution in [0.2, 0.25) is 0 Å². The van der Waals surface area contributed by atoms with E-state index in [0.29, 0.717) is 17.1 Å². The molecule has 0 N–H and O–H groups in total. The molecule has 168 valence electrons. The van der Waals surface area contributed by atoms with Gasteiger partial charge in [-0.25, -0.2) is 9.78 Å². The molecule has 2 aromatic heterocycles. The van der Waals surface area contributed by atoms with Gasteiger partial charge in [0.15, 0.2) is 5.76 Å². The van der Waals surface area contributed by atoms with E-state index in [9.17, 15) is 4.79 Å². The Morgan fingerprint density at radius 2 is 1.90 bits per heavy atom. The van der Waals surface area contributed by atoms with E-state index in [1.165, 1.54) is 32.1 Å². The zero-order chi connectivity index (χ0) is 21.8. The lowest BCUT2D eigenvalue weighted by Gasteiger charge is -2.23. The predicted octanol–water partition coefficient (Wildman–Crippen LogP) is 5.43. The highest BCUT2D eigenvalue weighted by atomic mass is 16.6. The van der Waals surface area contributed by atoms with Crippen LogP contribution in [-0.2, 0) is 11.3 Å². The fourth-order valence-corrected chi connectivity index (χ4v) is 4.04. The maximum atomic E-state index is 12.3. The van der Waals surface area contributed by atoms with Gasteiger partial charge in [-0.15, -0.1) is 0 Å². The standard InChI is InChI=1S/C24H33N3O4/c1-16-20(15-29-24(28)27(3)14-13-18-9-10-18)23(31-26-16)21-11-12-22(17(2)25-21)30-19-7-5-4-6-8-19/h11-12,18-19H,4-10,13-15H2,1-3H3. The van der Waals surface area contributed by atoms with E-state index in [-0.39, 0.29) is 18.8 Å². The molecule has 0 unspecified atom stereocenters. The fraction of sp³-hybridized carbons (Fsp3) is 0.625. The normalized spacial score (nSPS) is 16.9. The third kappa shape index (κ3) is 5.57. The molecule has 1 amide bonds. The molecule has 2 saturated carbocycles. The number of carbonyl (C=O) groups excluding carboxylic acids is 1. The largest absolute Gasteiger partial charge is 0.489 e. The van der Waals surface area contributed by atoms with Crippen molar-refractivity contribution in [3.8, 4) is 17.2 Å². The van der Waals surface area contributed by atoms with Crippen LogP contribution in [0.5, 0.6) is 5.75 Å². The summed E-state index contributed by atoms with van der Waals surface area (Å²) in [5.41, 5.74) is 2.93. The Kier molecular flexibility index (Phi) is 6.78. The molecule has 0 saturated heterocycles. The lowest BCUT2D eigenvalue weighted by Crippen LogP contribution is -2.28. The van der Waals surface area contributed by atoms with Gasteiger partial charge in [-0.2, -0.15) is 0 Å². The molecule has 0 atom stereocenters. The Bertz CT molecular complexity index is 900. The van der Waals surface area contributed by atoms with Crippen LogP contribution >= 0.6 is 0 Å². The van der Waals surface area contributed by atoms with Gasteiger partial charge >= 0.3 is 6.09 Å². The maximum Gasteiger partial charge on any atom is 0.409 e. The Morgan fingerprint density at radius 3 is 2.61 bits per heavy atom. The number of aromatic nitrogens is 2. The number of rotatable bonds is 8. The monoisotopic (exact) mass is 427 g/mol. The summed E-state index contributed by atoms with van der Waals surface area (Å²) in [4.78, 5) is 18.7. The molecular weight excluding hydrogens is 394 g/mol. The summed E-state index contributed by atoms with van der Waals surface area (Å²) in [5, 5.41) is 4.08.